The van der Waals surface area contributed by atoms with E-state index in [4.69, 9.17) is 4.74 Å². The van der Waals surface area contributed by atoms with Gasteiger partial charge in [0.25, 0.3) is 0 Å². The molecule has 6 heteroatoms. The van der Waals surface area contributed by atoms with Crippen LogP contribution < -0.4 is 10.2 Å². The maximum Gasteiger partial charge on any atom is 0.247 e. The molecule has 0 atom stereocenters. The zero-order valence-electron chi connectivity index (χ0n) is 12.6. The number of H-pyrrole nitrogens is 1. The highest BCUT2D eigenvalue weighted by molar-refractivity contribution is 5.83. The summed E-state index contributed by atoms with van der Waals surface area (Å²) in [6.07, 6.45) is 1.73. The van der Waals surface area contributed by atoms with Gasteiger partial charge in [-0.2, -0.15) is 5.10 Å². The molecule has 0 aliphatic carbocycles. The van der Waals surface area contributed by atoms with Crippen LogP contribution in [0.2, 0.25) is 0 Å². The molecule has 0 bridgehead atoms. The van der Waals surface area contributed by atoms with Crippen LogP contribution in [-0.4, -0.2) is 29.2 Å². The van der Waals surface area contributed by atoms with Crippen LogP contribution in [0.5, 0.6) is 5.75 Å². The van der Waals surface area contributed by atoms with Gasteiger partial charge in [-0.1, -0.05) is 12.1 Å². The molecular weight excluding hydrogens is 292 g/mol. The summed E-state index contributed by atoms with van der Waals surface area (Å²) in [5, 5.41) is 3.94. The van der Waals surface area contributed by atoms with Crippen molar-refractivity contribution in [1.82, 2.24) is 15.4 Å². The second-order valence-corrected chi connectivity index (χ2v) is 4.94. The van der Waals surface area contributed by atoms with Crippen LogP contribution in [-0.2, 0) is 11.2 Å². The van der Waals surface area contributed by atoms with E-state index < -0.39 is 0 Å². The van der Waals surface area contributed by atoms with E-state index >= 15 is 0 Å². The van der Waals surface area contributed by atoms with E-state index in [1.54, 1.807) is 13.3 Å². The topological polar surface area (TPSA) is 79.4 Å². The Kier molecular flexibility index (Phi) is 4.33. The zero-order chi connectivity index (χ0) is 16.1. The molecule has 2 aromatic carbocycles. The normalized spacial score (nSPS) is 11.0. The number of rotatable bonds is 5. The largest absolute Gasteiger partial charge is 0.497 e. The Morgan fingerprint density at radius 1 is 1.26 bits per heavy atom. The van der Waals surface area contributed by atoms with Crippen molar-refractivity contribution >= 4 is 23.2 Å². The number of carbonyl (C=O) groups is 1. The van der Waals surface area contributed by atoms with E-state index in [9.17, 15) is 4.79 Å². The van der Waals surface area contributed by atoms with Gasteiger partial charge in [0.2, 0.25) is 5.91 Å². The Morgan fingerprint density at radius 2 is 2.04 bits per heavy atom. The highest BCUT2D eigenvalue weighted by Gasteiger charge is 2.07. The Morgan fingerprint density at radius 3 is 2.78 bits per heavy atom. The Labute approximate surface area is 133 Å². The number of hydrogen-bond acceptors (Lipinski definition) is 4. The first-order valence-corrected chi connectivity index (χ1v) is 7.14. The van der Waals surface area contributed by atoms with Gasteiger partial charge in [0, 0.05) is 0 Å². The molecule has 0 saturated heterocycles. The molecule has 0 fully saturated rings. The fourth-order valence-corrected chi connectivity index (χ4v) is 2.15. The molecule has 6 nitrogen and oxygen atoms in total. The number of hydrogen-bond donors (Lipinski definition) is 2. The molecule has 0 aliphatic heterocycles. The van der Waals surface area contributed by atoms with Crippen LogP contribution in [0.25, 0.3) is 11.0 Å². The number of amides is 1. The van der Waals surface area contributed by atoms with Crippen molar-refractivity contribution in [2.75, 3.05) is 7.11 Å². The smallest absolute Gasteiger partial charge is 0.247 e. The molecule has 1 aromatic heterocycles. The summed E-state index contributed by atoms with van der Waals surface area (Å²) in [5.41, 5.74) is 5.12. The Balaban J connectivity index is 1.57. The minimum Gasteiger partial charge on any atom is -0.497 e. The van der Waals surface area contributed by atoms with Gasteiger partial charge in [-0.15, -0.1) is 0 Å². The van der Waals surface area contributed by atoms with Crippen LogP contribution in [0.1, 0.15) is 11.4 Å². The highest BCUT2D eigenvalue weighted by atomic mass is 16.5. The van der Waals surface area contributed by atoms with Crippen LogP contribution >= 0.6 is 0 Å². The number of ether oxygens (including phenoxy) is 1. The summed E-state index contributed by atoms with van der Waals surface area (Å²) in [7, 11) is 1.61. The van der Waals surface area contributed by atoms with Crippen molar-refractivity contribution in [3.8, 4) is 5.75 Å². The molecule has 0 radical (unpaired) electrons. The SMILES string of the molecule is COc1ccc(/C=N\NC(=O)Cc2nc3ccccc3[nH]2)cc1. The van der Waals surface area contributed by atoms with Crippen molar-refractivity contribution in [3.63, 3.8) is 0 Å². The monoisotopic (exact) mass is 308 g/mol. The lowest BCUT2D eigenvalue weighted by Crippen LogP contribution is -2.20. The highest BCUT2D eigenvalue weighted by Crippen LogP contribution is 2.11. The van der Waals surface area contributed by atoms with Gasteiger partial charge in [0.15, 0.2) is 0 Å². The predicted octanol–water partition coefficient (Wildman–Crippen LogP) is 2.26. The minimum atomic E-state index is -0.228. The molecule has 116 valence electrons. The fourth-order valence-electron chi connectivity index (χ4n) is 2.15. The summed E-state index contributed by atoms with van der Waals surface area (Å²) in [4.78, 5) is 19.3. The lowest BCUT2D eigenvalue weighted by atomic mass is 10.2. The van der Waals surface area contributed by atoms with Gasteiger partial charge < -0.3 is 9.72 Å². The van der Waals surface area contributed by atoms with Gasteiger partial charge in [-0.25, -0.2) is 10.4 Å². The number of para-hydroxylation sites is 2. The third-order valence-electron chi connectivity index (χ3n) is 3.29. The van der Waals surface area contributed by atoms with E-state index in [2.05, 4.69) is 20.5 Å². The third kappa shape index (κ3) is 3.74. The van der Waals surface area contributed by atoms with Crippen LogP contribution in [0.3, 0.4) is 0 Å². The third-order valence-corrected chi connectivity index (χ3v) is 3.29. The first kappa shape index (κ1) is 14.8. The van der Waals surface area contributed by atoms with Crippen LogP contribution in [0, 0.1) is 0 Å². The number of methoxy groups -OCH3 is 1. The quantitative estimate of drug-likeness (QED) is 0.560. The molecule has 0 aliphatic rings. The molecule has 1 amide bonds. The second kappa shape index (κ2) is 6.74. The number of benzene rings is 2. The first-order valence-electron chi connectivity index (χ1n) is 7.14. The average Bonchev–Trinajstić information content (AvgIpc) is 2.97. The van der Waals surface area contributed by atoms with Crippen molar-refractivity contribution in [3.05, 3.63) is 59.9 Å². The summed E-state index contributed by atoms with van der Waals surface area (Å²) >= 11 is 0. The van der Waals surface area contributed by atoms with E-state index in [-0.39, 0.29) is 12.3 Å². The number of imidazole rings is 1. The average molecular weight is 308 g/mol. The summed E-state index contributed by atoms with van der Waals surface area (Å²) in [6.45, 7) is 0. The molecule has 23 heavy (non-hydrogen) atoms. The van der Waals surface area contributed by atoms with Crippen molar-refractivity contribution in [2.24, 2.45) is 5.10 Å². The van der Waals surface area contributed by atoms with Gasteiger partial charge in [-0.05, 0) is 42.0 Å². The molecule has 0 saturated carbocycles. The maximum absolute atomic E-state index is 11.9. The maximum atomic E-state index is 11.9. The van der Waals surface area contributed by atoms with Crippen molar-refractivity contribution < 1.29 is 9.53 Å². The second-order valence-electron chi connectivity index (χ2n) is 4.94. The number of aromatic amines is 1. The summed E-state index contributed by atoms with van der Waals surface area (Å²) in [6, 6.07) is 15.0. The van der Waals surface area contributed by atoms with E-state index in [1.807, 2.05) is 48.5 Å². The number of nitrogens with one attached hydrogen (secondary N) is 2. The Hall–Kier alpha value is -3.15. The number of hydrazone groups is 1. The number of carbonyl (C=O) groups excluding carboxylic acids is 1. The number of aromatic nitrogens is 2. The standard InChI is InChI=1S/C17H16N4O2/c1-23-13-8-6-12(7-9-13)11-18-21-17(22)10-16-19-14-4-2-3-5-15(14)20-16/h2-9,11H,10H2,1H3,(H,19,20)(H,21,22)/b18-11-. The van der Waals surface area contributed by atoms with Crippen LogP contribution in [0.15, 0.2) is 53.6 Å². The molecule has 3 rings (SSSR count). The van der Waals surface area contributed by atoms with Crippen molar-refractivity contribution in [2.45, 2.75) is 6.42 Å². The fraction of sp³-hybridized carbons (Fsp3) is 0.118. The molecule has 3 aromatic rings. The zero-order valence-corrected chi connectivity index (χ0v) is 12.6. The molecule has 0 unspecified atom stereocenters. The lowest BCUT2D eigenvalue weighted by molar-refractivity contribution is -0.120. The lowest BCUT2D eigenvalue weighted by Gasteiger charge is -1.99. The van der Waals surface area contributed by atoms with Crippen molar-refractivity contribution in [1.29, 1.82) is 0 Å². The molecule has 0 spiro atoms. The van der Waals surface area contributed by atoms with E-state index in [1.165, 1.54) is 0 Å². The predicted molar refractivity (Wildman–Crippen MR) is 88.5 cm³/mol. The van der Waals surface area contributed by atoms with Gasteiger partial charge >= 0.3 is 0 Å². The molecule has 2 N–H and O–H groups in total. The molecule has 1 heterocycles. The van der Waals surface area contributed by atoms with Gasteiger partial charge in [0.05, 0.1) is 30.8 Å². The van der Waals surface area contributed by atoms with Gasteiger partial charge in [0.1, 0.15) is 11.6 Å². The Bertz CT molecular complexity index is 804. The van der Waals surface area contributed by atoms with Gasteiger partial charge in [-0.3, -0.25) is 4.79 Å². The summed E-state index contributed by atoms with van der Waals surface area (Å²) < 4.78 is 5.08. The van der Waals surface area contributed by atoms with E-state index in [0.29, 0.717) is 5.82 Å². The number of fused-ring (bicyclic) bond motifs is 1. The minimum absolute atomic E-state index is 0.147. The summed E-state index contributed by atoms with van der Waals surface area (Å²) in [5.74, 6) is 1.16. The molecular formula is C17H16N4O2. The van der Waals surface area contributed by atoms with Crippen LogP contribution in [0.4, 0.5) is 0 Å². The first-order chi connectivity index (χ1) is 11.2. The number of nitrogens with zero attached hydrogens (tertiary/aromatic N) is 2. The van der Waals surface area contributed by atoms with E-state index in [0.717, 1.165) is 22.3 Å².